The quantitative estimate of drug-likeness (QED) is 0.190. The number of rotatable bonds is 4. The van der Waals surface area contributed by atoms with Crippen molar-refractivity contribution in [1.82, 2.24) is 14.1 Å². The lowest BCUT2D eigenvalue weighted by Crippen LogP contribution is -2.37. The van der Waals surface area contributed by atoms with E-state index in [4.69, 9.17) is 4.98 Å². The SMILES string of the molecule is Cc1ccc(Nc2ccccc2-c2c3c4c(c5ccccc25)c2ccc5ccccc5c2n4-c2cc4c(cc2B3)nc(-c2ccccc2)n4C)cc1. The summed E-state index contributed by atoms with van der Waals surface area (Å²) in [5, 5.41) is 11.4. The van der Waals surface area contributed by atoms with Gasteiger partial charge in [-0.05, 0) is 64.4 Å². The standard InChI is InChI=1S/C47H33BN4/c1-28-20-23-31(24-21-28)49-38-19-11-10-18-35(38)42-33-16-8-9-17-34(33)43-36-25-22-29-12-6-7-15-32(29)45(36)52-40-27-41-39(26-37(40)48-44(42)46(43)52)50-47(51(41)2)30-13-4-3-5-14-30/h3-27,48-49H,1-2H3. The highest BCUT2D eigenvalue weighted by atomic mass is 15.1. The molecule has 1 N–H and O–H groups in total. The summed E-state index contributed by atoms with van der Waals surface area (Å²) in [4.78, 5) is 5.24. The summed E-state index contributed by atoms with van der Waals surface area (Å²) in [6, 6.07) is 55.2. The third-order valence-corrected chi connectivity index (χ3v) is 11.2. The van der Waals surface area contributed by atoms with Gasteiger partial charge in [-0.2, -0.15) is 0 Å². The fourth-order valence-electron chi connectivity index (χ4n) is 8.79. The summed E-state index contributed by atoms with van der Waals surface area (Å²) in [5.41, 5.74) is 15.6. The second-order valence-corrected chi connectivity index (χ2v) is 14.2. The van der Waals surface area contributed by atoms with Crippen LogP contribution in [-0.4, -0.2) is 21.4 Å². The number of nitrogens with one attached hydrogen (secondary N) is 1. The number of aryl methyl sites for hydroxylation is 2. The molecule has 5 heteroatoms. The highest BCUT2D eigenvalue weighted by Crippen LogP contribution is 2.45. The van der Waals surface area contributed by atoms with Crippen LogP contribution >= 0.6 is 0 Å². The maximum absolute atomic E-state index is 5.24. The molecular formula is C47H33BN4. The van der Waals surface area contributed by atoms with Crippen molar-refractivity contribution in [3.05, 3.63) is 157 Å². The van der Waals surface area contributed by atoms with Crippen LogP contribution in [-0.2, 0) is 7.05 Å². The Balaban J connectivity index is 1.28. The van der Waals surface area contributed by atoms with Gasteiger partial charge < -0.3 is 14.5 Å². The Kier molecular flexibility index (Phi) is 6.15. The van der Waals surface area contributed by atoms with E-state index < -0.39 is 0 Å². The van der Waals surface area contributed by atoms with Crippen LogP contribution in [0.3, 0.4) is 0 Å². The Hall–Kier alpha value is -6.59. The fraction of sp³-hybridized carbons (Fsp3) is 0.0426. The van der Waals surface area contributed by atoms with Gasteiger partial charge >= 0.3 is 0 Å². The lowest BCUT2D eigenvalue weighted by Gasteiger charge is -2.25. The molecule has 0 bridgehead atoms. The average Bonchev–Trinajstić information content (AvgIpc) is 3.71. The molecule has 0 saturated carbocycles. The van der Waals surface area contributed by atoms with Crippen molar-refractivity contribution in [3.8, 4) is 28.2 Å². The van der Waals surface area contributed by atoms with Gasteiger partial charge in [0, 0.05) is 56.9 Å². The first-order chi connectivity index (χ1) is 25.6. The van der Waals surface area contributed by atoms with Crippen molar-refractivity contribution in [1.29, 1.82) is 0 Å². The van der Waals surface area contributed by atoms with E-state index in [1.54, 1.807) is 0 Å². The number of aromatic nitrogens is 3. The summed E-state index contributed by atoms with van der Waals surface area (Å²) >= 11 is 0. The third kappa shape index (κ3) is 4.14. The van der Waals surface area contributed by atoms with Gasteiger partial charge in [-0.1, -0.05) is 132 Å². The molecule has 3 heterocycles. The Morgan fingerprint density at radius 3 is 2.21 bits per heavy atom. The van der Waals surface area contributed by atoms with Crippen molar-refractivity contribution in [2.24, 2.45) is 7.05 Å². The normalized spacial score (nSPS) is 12.2. The molecular weight excluding hydrogens is 631 g/mol. The zero-order valence-corrected chi connectivity index (χ0v) is 29.0. The van der Waals surface area contributed by atoms with Crippen molar-refractivity contribution in [2.45, 2.75) is 6.92 Å². The van der Waals surface area contributed by atoms with Crippen LogP contribution in [0.5, 0.6) is 0 Å². The summed E-state index contributed by atoms with van der Waals surface area (Å²) in [7, 11) is 2.94. The number of nitrogens with zero attached hydrogens (tertiary/aromatic N) is 3. The Morgan fingerprint density at radius 1 is 0.635 bits per heavy atom. The smallest absolute Gasteiger partial charge is 0.198 e. The molecule has 0 atom stereocenters. The van der Waals surface area contributed by atoms with E-state index in [0.29, 0.717) is 0 Å². The molecule has 11 rings (SSSR count). The molecule has 52 heavy (non-hydrogen) atoms. The summed E-state index contributed by atoms with van der Waals surface area (Å²) in [5.74, 6) is 0.978. The molecule has 0 spiro atoms. The molecule has 8 aromatic carbocycles. The van der Waals surface area contributed by atoms with E-state index in [1.165, 1.54) is 76.7 Å². The van der Waals surface area contributed by atoms with Crippen LogP contribution in [0.1, 0.15) is 5.56 Å². The maximum atomic E-state index is 5.24. The number of anilines is 2. The van der Waals surface area contributed by atoms with Crippen LogP contribution in [0.25, 0.3) is 82.6 Å². The number of hydrogen-bond acceptors (Lipinski definition) is 2. The first-order valence-corrected chi connectivity index (χ1v) is 18.0. The van der Waals surface area contributed by atoms with Crippen LogP contribution < -0.4 is 16.2 Å². The molecule has 0 aliphatic carbocycles. The van der Waals surface area contributed by atoms with E-state index in [1.807, 2.05) is 0 Å². The topological polar surface area (TPSA) is 34.8 Å². The van der Waals surface area contributed by atoms with E-state index in [-0.39, 0.29) is 0 Å². The molecule has 1 aliphatic rings. The van der Waals surface area contributed by atoms with Gasteiger partial charge in [0.2, 0.25) is 0 Å². The van der Waals surface area contributed by atoms with Crippen LogP contribution in [0.15, 0.2) is 152 Å². The molecule has 0 fully saturated rings. The van der Waals surface area contributed by atoms with Gasteiger partial charge in [-0.15, -0.1) is 0 Å². The zero-order chi connectivity index (χ0) is 34.5. The number of hydrogen-bond donors (Lipinski definition) is 1. The highest BCUT2D eigenvalue weighted by molar-refractivity contribution is 6.74. The van der Waals surface area contributed by atoms with E-state index in [9.17, 15) is 0 Å². The summed E-state index contributed by atoms with van der Waals surface area (Å²) in [6.45, 7) is 2.13. The lowest BCUT2D eigenvalue weighted by molar-refractivity contribution is 0.958. The van der Waals surface area contributed by atoms with Crippen LogP contribution in [0.2, 0.25) is 0 Å². The zero-order valence-electron chi connectivity index (χ0n) is 29.0. The number of imidazole rings is 1. The first kappa shape index (κ1) is 29.2. The van der Waals surface area contributed by atoms with Gasteiger partial charge in [-0.25, -0.2) is 4.98 Å². The maximum Gasteiger partial charge on any atom is 0.198 e. The van der Waals surface area contributed by atoms with Gasteiger partial charge in [-0.3, -0.25) is 0 Å². The number of benzene rings is 8. The summed E-state index contributed by atoms with van der Waals surface area (Å²) in [6.07, 6.45) is 0. The van der Waals surface area contributed by atoms with Crippen molar-refractivity contribution in [2.75, 3.05) is 5.32 Å². The predicted octanol–water partition coefficient (Wildman–Crippen LogP) is 10.1. The largest absolute Gasteiger partial charge is 0.355 e. The fourth-order valence-corrected chi connectivity index (χ4v) is 8.79. The van der Waals surface area contributed by atoms with Crippen molar-refractivity contribution < 1.29 is 0 Å². The molecule has 0 unspecified atom stereocenters. The van der Waals surface area contributed by atoms with Gasteiger partial charge in [0.15, 0.2) is 7.28 Å². The predicted molar refractivity (Wildman–Crippen MR) is 222 cm³/mol. The Labute approximate surface area is 301 Å². The molecule has 4 nitrogen and oxygen atoms in total. The molecule has 0 radical (unpaired) electrons. The average molecular weight is 665 g/mol. The Morgan fingerprint density at radius 2 is 1.37 bits per heavy atom. The molecule has 0 saturated heterocycles. The van der Waals surface area contributed by atoms with Crippen LogP contribution in [0, 0.1) is 6.92 Å². The minimum Gasteiger partial charge on any atom is -0.355 e. The van der Waals surface area contributed by atoms with Gasteiger partial charge in [0.1, 0.15) is 5.82 Å². The second-order valence-electron chi connectivity index (χ2n) is 14.2. The van der Waals surface area contributed by atoms with Gasteiger partial charge in [0.25, 0.3) is 0 Å². The summed E-state index contributed by atoms with van der Waals surface area (Å²) < 4.78 is 4.84. The van der Waals surface area contributed by atoms with Crippen molar-refractivity contribution >= 4 is 84.0 Å². The second kappa shape index (κ2) is 11.0. The minimum absolute atomic E-state index is 0.798. The number of fused-ring (bicyclic) bond motifs is 10. The van der Waals surface area contributed by atoms with E-state index in [2.05, 4.69) is 180 Å². The molecule has 0 amide bonds. The minimum atomic E-state index is 0.798. The molecule has 244 valence electrons. The number of para-hydroxylation sites is 1. The van der Waals surface area contributed by atoms with E-state index >= 15 is 0 Å². The van der Waals surface area contributed by atoms with Crippen LogP contribution in [0.4, 0.5) is 11.4 Å². The monoisotopic (exact) mass is 664 g/mol. The molecule has 10 aromatic rings. The highest BCUT2D eigenvalue weighted by Gasteiger charge is 2.30. The van der Waals surface area contributed by atoms with E-state index in [0.717, 1.165) is 41.1 Å². The molecule has 1 aliphatic heterocycles. The molecule has 2 aromatic heterocycles. The third-order valence-electron chi connectivity index (χ3n) is 11.2. The first-order valence-electron chi connectivity index (χ1n) is 18.0. The Bertz CT molecular complexity index is 3080. The van der Waals surface area contributed by atoms with Crippen molar-refractivity contribution in [3.63, 3.8) is 0 Å². The lowest BCUT2D eigenvalue weighted by atomic mass is 9.58. The van der Waals surface area contributed by atoms with Gasteiger partial charge in [0.05, 0.1) is 16.6 Å².